The van der Waals surface area contributed by atoms with E-state index in [2.05, 4.69) is 62.6 Å². The van der Waals surface area contributed by atoms with Crippen LogP contribution in [0.3, 0.4) is 0 Å². The Hall–Kier alpha value is -0.550. The molecule has 1 heterocycles. The Morgan fingerprint density at radius 2 is 1.52 bits per heavy atom. The Morgan fingerprint density at radius 1 is 0.905 bits per heavy atom. The summed E-state index contributed by atoms with van der Waals surface area (Å²) in [4.78, 5) is 6.80. The first-order chi connectivity index (χ1) is 10.2. The van der Waals surface area contributed by atoms with E-state index in [1.807, 2.05) is 23.5 Å². The monoisotopic (exact) mass is 336 g/mol. The molecule has 1 aliphatic heterocycles. The predicted molar refractivity (Wildman–Crippen MR) is 95.1 cm³/mol. The van der Waals surface area contributed by atoms with Gasteiger partial charge < -0.3 is 4.18 Å². The molecule has 112 valence electrons. The number of hydrogen-bond donors (Lipinski definition) is 0. The number of hydrogen-bond acceptors (Lipinski definition) is 3. The molecule has 3 rings (SSSR count). The molecule has 0 spiro atoms. The maximum atomic E-state index is 6.09. The minimum Gasteiger partial charge on any atom is -0.333 e. The summed E-state index contributed by atoms with van der Waals surface area (Å²) in [5.74, 6) is 1.06. The van der Waals surface area contributed by atoms with Gasteiger partial charge in [-0.1, -0.05) is 42.6 Å². The molecule has 1 atom stereocenters. The number of rotatable bonds is 4. The smallest absolute Gasteiger partial charge is 0.0568 e. The van der Waals surface area contributed by atoms with Gasteiger partial charge >= 0.3 is 0 Å². The zero-order valence-electron chi connectivity index (χ0n) is 12.6. The highest BCUT2D eigenvalue weighted by molar-refractivity contribution is 8.29. The first-order valence-corrected chi connectivity index (χ1v) is 10.9. The number of benzene rings is 2. The molecule has 2 aromatic carbocycles. The zero-order valence-corrected chi connectivity index (χ0v) is 15.0. The summed E-state index contributed by atoms with van der Waals surface area (Å²) in [6.45, 7) is 5.09. The zero-order chi connectivity index (χ0) is 14.9. The SMILES string of the molecule is CCOS(C)(CC)c1ccc2c(c1)Sc1ccccc1S2. The minimum atomic E-state index is -1.14. The van der Waals surface area contributed by atoms with Crippen molar-refractivity contribution in [3.05, 3.63) is 42.5 Å². The van der Waals surface area contributed by atoms with Gasteiger partial charge in [-0.15, -0.1) is 10.3 Å². The van der Waals surface area contributed by atoms with Crippen LogP contribution in [0.4, 0.5) is 0 Å². The second-order valence-corrected chi connectivity index (χ2v) is 10.4. The highest BCUT2D eigenvalue weighted by Crippen LogP contribution is 2.56. The van der Waals surface area contributed by atoms with E-state index in [9.17, 15) is 0 Å². The molecule has 0 saturated heterocycles. The molecule has 21 heavy (non-hydrogen) atoms. The molecule has 0 fully saturated rings. The lowest BCUT2D eigenvalue weighted by Crippen LogP contribution is -2.07. The topological polar surface area (TPSA) is 9.23 Å². The third-order valence-electron chi connectivity index (χ3n) is 3.63. The van der Waals surface area contributed by atoms with Crippen molar-refractivity contribution in [3.8, 4) is 0 Å². The summed E-state index contributed by atoms with van der Waals surface area (Å²) in [5.41, 5.74) is 0. The molecule has 0 bridgehead atoms. The van der Waals surface area contributed by atoms with Crippen molar-refractivity contribution in [2.45, 2.75) is 38.3 Å². The summed E-state index contributed by atoms with van der Waals surface area (Å²) >= 11 is 3.75. The van der Waals surface area contributed by atoms with Crippen LogP contribution < -0.4 is 0 Å². The van der Waals surface area contributed by atoms with Crippen LogP contribution in [0.25, 0.3) is 0 Å². The fourth-order valence-electron chi connectivity index (χ4n) is 2.35. The molecule has 1 nitrogen and oxygen atoms in total. The summed E-state index contributed by atoms with van der Waals surface area (Å²) in [5, 5.41) is 0. The first kappa shape index (κ1) is 15.3. The van der Waals surface area contributed by atoms with E-state index in [-0.39, 0.29) is 0 Å². The standard InChI is InChI=1S/C17H20OS3/c1-4-18-21(3,5-2)13-10-11-16-17(12-13)20-15-9-7-6-8-14(15)19-16/h6-12H,4-5H2,1-3H3. The van der Waals surface area contributed by atoms with E-state index in [1.165, 1.54) is 24.5 Å². The molecule has 0 saturated carbocycles. The third kappa shape index (κ3) is 3.00. The van der Waals surface area contributed by atoms with Crippen molar-refractivity contribution in [2.24, 2.45) is 0 Å². The lowest BCUT2D eigenvalue weighted by molar-refractivity contribution is 0.383. The van der Waals surface area contributed by atoms with Gasteiger partial charge in [0, 0.05) is 30.2 Å². The number of fused-ring (bicyclic) bond motifs is 2. The largest absolute Gasteiger partial charge is 0.333 e. The third-order valence-corrected chi connectivity index (χ3v) is 9.28. The summed E-state index contributed by atoms with van der Waals surface area (Å²) in [6, 6.07) is 15.5. The van der Waals surface area contributed by atoms with Gasteiger partial charge in [-0.2, -0.15) is 0 Å². The van der Waals surface area contributed by atoms with Crippen LogP contribution >= 0.6 is 33.8 Å². The Balaban J connectivity index is 1.97. The van der Waals surface area contributed by atoms with E-state index < -0.39 is 10.3 Å². The van der Waals surface area contributed by atoms with Crippen molar-refractivity contribution in [3.63, 3.8) is 0 Å². The van der Waals surface area contributed by atoms with Gasteiger partial charge in [-0.25, -0.2) is 0 Å². The van der Waals surface area contributed by atoms with Crippen molar-refractivity contribution >= 4 is 33.8 Å². The van der Waals surface area contributed by atoms with Crippen LogP contribution in [-0.2, 0) is 4.18 Å². The second kappa shape index (κ2) is 6.29. The van der Waals surface area contributed by atoms with Crippen LogP contribution in [0.15, 0.2) is 66.9 Å². The van der Waals surface area contributed by atoms with Crippen LogP contribution in [-0.4, -0.2) is 18.6 Å². The van der Waals surface area contributed by atoms with Gasteiger partial charge in [0.1, 0.15) is 0 Å². The van der Waals surface area contributed by atoms with Gasteiger partial charge in [0.15, 0.2) is 0 Å². The van der Waals surface area contributed by atoms with Crippen LogP contribution in [0.2, 0.25) is 0 Å². The van der Waals surface area contributed by atoms with E-state index in [0.717, 1.165) is 12.4 Å². The molecule has 0 N–H and O–H groups in total. The Kier molecular flexibility index (Phi) is 4.60. The van der Waals surface area contributed by atoms with Gasteiger partial charge in [0.2, 0.25) is 0 Å². The fourth-order valence-corrected chi connectivity index (χ4v) is 6.56. The fraction of sp³-hybridized carbons (Fsp3) is 0.294. The molecule has 0 amide bonds. The quantitative estimate of drug-likeness (QED) is 0.572. The molecule has 1 aliphatic rings. The van der Waals surface area contributed by atoms with E-state index in [4.69, 9.17) is 4.18 Å². The van der Waals surface area contributed by atoms with Crippen molar-refractivity contribution < 1.29 is 4.18 Å². The molecule has 1 unspecified atom stereocenters. The highest BCUT2D eigenvalue weighted by atomic mass is 32.3. The Labute approximate surface area is 137 Å². The molecule has 0 radical (unpaired) electrons. The Morgan fingerprint density at radius 3 is 2.14 bits per heavy atom. The molecule has 2 aromatic rings. The van der Waals surface area contributed by atoms with E-state index in [1.54, 1.807) is 0 Å². The minimum absolute atomic E-state index is 0.779. The van der Waals surface area contributed by atoms with Gasteiger partial charge in [-0.3, -0.25) is 0 Å². The molecular formula is C17H20OS3. The Bertz CT molecular complexity index is 656. The summed E-state index contributed by atoms with van der Waals surface area (Å²) in [7, 11) is -1.14. The van der Waals surface area contributed by atoms with E-state index >= 15 is 0 Å². The van der Waals surface area contributed by atoms with Crippen molar-refractivity contribution in [1.82, 2.24) is 0 Å². The van der Waals surface area contributed by atoms with Crippen LogP contribution in [0.1, 0.15) is 13.8 Å². The van der Waals surface area contributed by atoms with Gasteiger partial charge in [-0.05, 0) is 43.5 Å². The van der Waals surface area contributed by atoms with Crippen LogP contribution in [0, 0.1) is 0 Å². The normalized spacial score (nSPS) is 17.5. The van der Waals surface area contributed by atoms with Crippen LogP contribution in [0.5, 0.6) is 0 Å². The van der Waals surface area contributed by atoms with Crippen molar-refractivity contribution in [1.29, 1.82) is 0 Å². The second-order valence-electron chi connectivity index (χ2n) is 4.96. The average Bonchev–Trinajstić information content (AvgIpc) is 2.52. The lowest BCUT2D eigenvalue weighted by atomic mass is 10.3. The summed E-state index contributed by atoms with van der Waals surface area (Å²) < 4.78 is 6.09. The average molecular weight is 337 g/mol. The lowest BCUT2D eigenvalue weighted by Gasteiger charge is -2.35. The maximum Gasteiger partial charge on any atom is 0.0568 e. The van der Waals surface area contributed by atoms with E-state index in [0.29, 0.717) is 0 Å². The van der Waals surface area contributed by atoms with Gasteiger partial charge in [0.25, 0.3) is 0 Å². The molecule has 0 aromatic heterocycles. The van der Waals surface area contributed by atoms with Crippen molar-refractivity contribution in [2.75, 3.05) is 18.6 Å². The summed E-state index contributed by atoms with van der Waals surface area (Å²) in [6.07, 6.45) is 2.27. The first-order valence-electron chi connectivity index (χ1n) is 7.15. The molecule has 0 aliphatic carbocycles. The van der Waals surface area contributed by atoms with Gasteiger partial charge in [0.05, 0.1) is 6.61 Å². The predicted octanol–water partition coefficient (Wildman–Crippen LogP) is 6.07. The molecule has 4 heteroatoms. The molecular weight excluding hydrogens is 316 g/mol. The highest BCUT2D eigenvalue weighted by Gasteiger charge is 2.23. The maximum absolute atomic E-state index is 6.09.